The van der Waals surface area contributed by atoms with Gasteiger partial charge < -0.3 is 15.2 Å². The lowest BCUT2D eigenvalue weighted by Gasteiger charge is -2.42. The summed E-state index contributed by atoms with van der Waals surface area (Å²) < 4.78 is 5.15. The van der Waals surface area contributed by atoms with Crippen LogP contribution in [0.2, 0.25) is 0 Å². The second-order valence-electron chi connectivity index (χ2n) is 6.00. The van der Waals surface area contributed by atoms with E-state index in [2.05, 4.69) is 5.32 Å². The van der Waals surface area contributed by atoms with Crippen molar-refractivity contribution < 1.29 is 14.6 Å². The average Bonchev–Trinajstić information content (AvgIpc) is 2.46. The van der Waals surface area contributed by atoms with Gasteiger partial charge in [-0.2, -0.15) is 0 Å². The number of aliphatic hydroxyl groups excluding tert-OH is 1. The van der Waals surface area contributed by atoms with Crippen molar-refractivity contribution in [2.45, 2.75) is 38.2 Å². The van der Waals surface area contributed by atoms with Crippen LogP contribution < -0.4 is 5.32 Å². The lowest BCUT2D eigenvalue weighted by Crippen LogP contribution is -2.43. The van der Waals surface area contributed by atoms with Crippen LogP contribution in [0.3, 0.4) is 0 Å². The van der Waals surface area contributed by atoms with Crippen molar-refractivity contribution in [3.8, 4) is 0 Å². The smallest absolute Gasteiger partial charge is 0.222 e. The molecule has 0 saturated heterocycles. The van der Waals surface area contributed by atoms with Crippen LogP contribution in [-0.2, 0) is 9.53 Å². The summed E-state index contributed by atoms with van der Waals surface area (Å²) in [5.41, 5.74) is 0.994. The summed E-state index contributed by atoms with van der Waals surface area (Å²) in [6.07, 6.45) is 3.90. The first-order valence-electron chi connectivity index (χ1n) is 7.64. The third-order valence-electron chi connectivity index (χ3n) is 4.47. The summed E-state index contributed by atoms with van der Waals surface area (Å²) in [7, 11) is 1.71. The standard InChI is InChI=1S/C17H25NO3/c1-21-11-10-17(8-5-9-17)13-18-16(20)12-15(19)14-6-3-2-4-7-14/h2-4,6-7,15,19H,5,8-13H2,1H3,(H,18,20). The lowest BCUT2D eigenvalue weighted by atomic mass is 9.66. The molecular weight excluding hydrogens is 266 g/mol. The van der Waals surface area contributed by atoms with Gasteiger partial charge in [-0.05, 0) is 30.2 Å². The van der Waals surface area contributed by atoms with Crippen LogP contribution >= 0.6 is 0 Å². The van der Waals surface area contributed by atoms with Gasteiger partial charge in [0.2, 0.25) is 5.91 Å². The molecule has 2 N–H and O–H groups in total. The van der Waals surface area contributed by atoms with E-state index in [1.807, 2.05) is 30.3 Å². The Balaban J connectivity index is 1.76. The highest BCUT2D eigenvalue weighted by Crippen LogP contribution is 2.43. The Kier molecular flexibility index (Phi) is 5.76. The number of amides is 1. The predicted molar refractivity (Wildman–Crippen MR) is 81.8 cm³/mol. The summed E-state index contributed by atoms with van der Waals surface area (Å²) in [5, 5.41) is 13.0. The van der Waals surface area contributed by atoms with E-state index < -0.39 is 6.10 Å². The monoisotopic (exact) mass is 291 g/mol. The average molecular weight is 291 g/mol. The van der Waals surface area contributed by atoms with Crippen molar-refractivity contribution in [1.82, 2.24) is 5.32 Å². The maximum Gasteiger partial charge on any atom is 0.222 e. The Labute approximate surface area is 126 Å². The van der Waals surface area contributed by atoms with Gasteiger partial charge in [-0.15, -0.1) is 0 Å². The van der Waals surface area contributed by atoms with Crippen molar-refractivity contribution in [1.29, 1.82) is 0 Å². The fourth-order valence-corrected chi connectivity index (χ4v) is 2.84. The third-order valence-corrected chi connectivity index (χ3v) is 4.47. The predicted octanol–water partition coefficient (Wildman–Crippen LogP) is 2.43. The van der Waals surface area contributed by atoms with Gasteiger partial charge in [-0.25, -0.2) is 0 Å². The summed E-state index contributed by atoms with van der Waals surface area (Å²) in [5.74, 6) is -0.0879. The van der Waals surface area contributed by atoms with Gasteiger partial charge in [-0.3, -0.25) is 4.79 Å². The molecule has 4 nitrogen and oxygen atoms in total. The fraction of sp³-hybridized carbons (Fsp3) is 0.588. The first-order chi connectivity index (χ1) is 10.2. The highest BCUT2D eigenvalue weighted by molar-refractivity contribution is 5.76. The van der Waals surface area contributed by atoms with E-state index in [9.17, 15) is 9.90 Å². The fourth-order valence-electron chi connectivity index (χ4n) is 2.84. The molecular formula is C17H25NO3. The molecule has 0 radical (unpaired) electrons. The summed E-state index contributed by atoms with van der Waals surface area (Å²) >= 11 is 0. The number of hydrogen-bond acceptors (Lipinski definition) is 3. The second-order valence-corrected chi connectivity index (χ2v) is 6.00. The molecule has 21 heavy (non-hydrogen) atoms. The zero-order valence-electron chi connectivity index (χ0n) is 12.7. The molecule has 1 amide bonds. The number of ether oxygens (including phenoxy) is 1. The molecule has 116 valence electrons. The van der Waals surface area contributed by atoms with Crippen LogP contribution in [0.1, 0.15) is 43.8 Å². The van der Waals surface area contributed by atoms with Crippen molar-refractivity contribution in [2.24, 2.45) is 5.41 Å². The number of methoxy groups -OCH3 is 1. The molecule has 0 heterocycles. The largest absolute Gasteiger partial charge is 0.388 e. The van der Waals surface area contributed by atoms with Crippen LogP contribution in [0.5, 0.6) is 0 Å². The highest BCUT2D eigenvalue weighted by Gasteiger charge is 2.36. The van der Waals surface area contributed by atoms with Crippen molar-refractivity contribution in [3.63, 3.8) is 0 Å². The van der Waals surface area contributed by atoms with Gasteiger partial charge in [0.15, 0.2) is 0 Å². The molecule has 0 aromatic heterocycles. The number of carbonyl (C=O) groups is 1. The first-order valence-corrected chi connectivity index (χ1v) is 7.64. The van der Waals surface area contributed by atoms with Gasteiger partial charge in [0, 0.05) is 20.3 Å². The van der Waals surface area contributed by atoms with Crippen LogP contribution in [-0.4, -0.2) is 31.3 Å². The molecule has 1 unspecified atom stereocenters. The third kappa shape index (κ3) is 4.55. The molecule has 2 rings (SSSR count). The number of nitrogens with one attached hydrogen (secondary N) is 1. The van der Waals surface area contributed by atoms with E-state index in [-0.39, 0.29) is 17.7 Å². The minimum absolute atomic E-state index is 0.0879. The quantitative estimate of drug-likeness (QED) is 0.773. The van der Waals surface area contributed by atoms with Crippen LogP contribution in [0.25, 0.3) is 0 Å². The van der Waals surface area contributed by atoms with Crippen molar-refractivity contribution in [3.05, 3.63) is 35.9 Å². The molecule has 1 aliphatic carbocycles. The summed E-state index contributed by atoms with van der Waals surface area (Å²) in [6.45, 7) is 1.43. The molecule has 0 spiro atoms. The normalized spacial score (nSPS) is 17.8. The molecule has 1 aliphatic rings. The Morgan fingerprint density at radius 2 is 2.10 bits per heavy atom. The topological polar surface area (TPSA) is 58.6 Å². The molecule has 0 bridgehead atoms. The van der Waals surface area contributed by atoms with Crippen molar-refractivity contribution in [2.75, 3.05) is 20.3 Å². The molecule has 1 aromatic rings. The van der Waals surface area contributed by atoms with Crippen LogP contribution in [0, 0.1) is 5.41 Å². The summed E-state index contributed by atoms with van der Waals surface area (Å²) in [4.78, 5) is 12.0. The van der Waals surface area contributed by atoms with Gasteiger partial charge in [0.05, 0.1) is 12.5 Å². The molecule has 0 aliphatic heterocycles. The van der Waals surface area contributed by atoms with Crippen LogP contribution in [0.15, 0.2) is 30.3 Å². The minimum atomic E-state index is -0.734. The van der Waals surface area contributed by atoms with Crippen LogP contribution in [0.4, 0.5) is 0 Å². The van der Waals surface area contributed by atoms with Gasteiger partial charge >= 0.3 is 0 Å². The SMILES string of the molecule is COCCC1(CNC(=O)CC(O)c2ccccc2)CCC1. The van der Waals surface area contributed by atoms with E-state index in [0.29, 0.717) is 6.54 Å². The molecule has 4 heteroatoms. The maximum atomic E-state index is 12.0. The molecule has 1 aromatic carbocycles. The maximum absolute atomic E-state index is 12.0. The Morgan fingerprint density at radius 1 is 1.38 bits per heavy atom. The number of aliphatic hydroxyl groups is 1. The van der Waals surface area contributed by atoms with E-state index in [0.717, 1.165) is 31.4 Å². The van der Waals surface area contributed by atoms with Gasteiger partial charge in [0.25, 0.3) is 0 Å². The second kappa shape index (κ2) is 7.57. The zero-order valence-corrected chi connectivity index (χ0v) is 12.7. The minimum Gasteiger partial charge on any atom is -0.388 e. The first kappa shape index (κ1) is 16.0. The Bertz CT molecular complexity index is 443. The number of rotatable bonds is 8. The van der Waals surface area contributed by atoms with Gasteiger partial charge in [0.1, 0.15) is 0 Å². The molecule has 1 saturated carbocycles. The summed E-state index contributed by atoms with van der Waals surface area (Å²) in [6, 6.07) is 9.30. The number of hydrogen-bond donors (Lipinski definition) is 2. The lowest BCUT2D eigenvalue weighted by molar-refractivity contribution is -0.124. The Morgan fingerprint density at radius 3 is 2.67 bits per heavy atom. The highest BCUT2D eigenvalue weighted by atomic mass is 16.5. The van der Waals surface area contributed by atoms with E-state index in [1.54, 1.807) is 7.11 Å². The van der Waals surface area contributed by atoms with E-state index in [4.69, 9.17) is 4.74 Å². The van der Waals surface area contributed by atoms with Crippen molar-refractivity contribution >= 4 is 5.91 Å². The molecule has 1 atom stereocenters. The zero-order chi connectivity index (χ0) is 15.1. The number of carbonyl (C=O) groups excluding carboxylic acids is 1. The molecule has 1 fully saturated rings. The van der Waals surface area contributed by atoms with E-state index >= 15 is 0 Å². The Hall–Kier alpha value is -1.39. The van der Waals surface area contributed by atoms with E-state index in [1.165, 1.54) is 6.42 Å². The number of benzene rings is 1. The van der Waals surface area contributed by atoms with Gasteiger partial charge in [-0.1, -0.05) is 36.8 Å².